The van der Waals surface area contributed by atoms with Crippen LogP contribution in [0.1, 0.15) is 12.5 Å². The second-order valence-electron chi connectivity index (χ2n) is 6.58. The molecular formula is C18H30ClN5. The second kappa shape index (κ2) is 9.25. The smallest absolute Gasteiger partial charge is 0.194 e. The molecule has 1 aromatic rings. The maximum Gasteiger partial charge on any atom is 0.194 e. The van der Waals surface area contributed by atoms with E-state index in [-0.39, 0.29) is 0 Å². The fraction of sp³-hybridized carbons (Fsp3) is 0.611. The van der Waals surface area contributed by atoms with Crippen LogP contribution in [0.4, 0.5) is 0 Å². The minimum Gasteiger partial charge on any atom is -0.357 e. The Morgan fingerprint density at radius 1 is 1.38 bits per heavy atom. The Morgan fingerprint density at radius 3 is 2.88 bits per heavy atom. The Hall–Kier alpha value is -1.30. The van der Waals surface area contributed by atoms with Crippen molar-refractivity contribution in [1.29, 1.82) is 0 Å². The van der Waals surface area contributed by atoms with E-state index >= 15 is 0 Å². The number of benzene rings is 1. The third kappa shape index (κ3) is 5.65. The molecule has 0 radical (unpaired) electrons. The zero-order valence-corrected chi connectivity index (χ0v) is 16.1. The van der Waals surface area contributed by atoms with Gasteiger partial charge in [-0.25, -0.2) is 0 Å². The predicted molar refractivity (Wildman–Crippen MR) is 103 cm³/mol. The summed E-state index contributed by atoms with van der Waals surface area (Å²) in [6.45, 7) is 7.85. The molecule has 1 aromatic carbocycles. The molecule has 0 saturated carbocycles. The first kappa shape index (κ1) is 19.0. The van der Waals surface area contributed by atoms with Gasteiger partial charge < -0.3 is 15.1 Å². The van der Waals surface area contributed by atoms with Gasteiger partial charge in [0.1, 0.15) is 0 Å². The zero-order chi connectivity index (χ0) is 17.5. The number of hydrogen-bond acceptors (Lipinski definition) is 3. The molecule has 5 nitrogen and oxygen atoms in total. The monoisotopic (exact) mass is 351 g/mol. The van der Waals surface area contributed by atoms with Crippen molar-refractivity contribution < 1.29 is 0 Å². The number of nitrogens with zero attached hydrogens (tertiary/aromatic N) is 4. The Morgan fingerprint density at radius 2 is 2.17 bits per heavy atom. The van der Waals surface area contributed by atoms with E-state index in [1.165, 1.54) is 5.56 Å². The number of hydrogen-bond donors (Lipinski definition) is 1. The standard InChI is InChI=1S/C18H30ClN5/c1-5-20-18(21-12-17-14-22(2)9-10-23(17)3)24(4)13-15-7-6-8-16(19)11-15/h6-8,11,17H,5,9-10,12-14H2,1-4H3,(H,20,21). The van der Waals surface area contributed by atoms with Gasteiger partial charge in [-0.1, -0.05) is 23.7 Å². The van der Waals surface area contributed by atoms with E-state index in [1.54, 1.807) is 0 Å². The van der Waals surface area contributed by atoms with Crippen molar-refractivity contribution in [3.63, 3.8) is 0 Å². The van der Waals surface area contributed by atoms with Gasteiger partial charge >= 0.3 is 0 Å². The summed E-state index contributed by atoms with van der Waals surface area (Å²) in [6.07, 6.45) is 0. The highest BCUT2D eigenvalue weighted by molar-refractivity contribution is 6.30. The molecule has 0 spiro atoms. The van der Waals surface area contributed by atoms with Gasteiger partial charge in [-0.2, -0.15) is 0 Å². The fourth-order valence-corrected chi connectivity index (χ4v) is 3.16. The summed E-state index contributed by atoms with van der Waals surface area (Å²) in [5, 5.41) is 4.17. The van der Waals surface area contributed by atoms with Crippen molar-refractivity contribution in [3.8, 4) is 0 Å². The SMILES string of the molecule is CCNC(=NCC1CN(C)CCN1C)N(C)Cc1cccc(Cl)c1. The number of nitrogens with one attached hydrogen (secondary N) is 1. The second-order valence-corrected chi connectivity index (χ2v) is 7.01. The molecule has 1 aliphatic heterocycles. The lowest BCUT2D eigenvalue weighted by atomic mass is 10.2. The summed E-state index contributed by atoms with van der Waals surface area (Å²) < 4.78 is 0. The van der Waals surface area contributed by atoms with E-state index in [4.69, 9.17) is 16.6 Å². The molecule has 134 valence electrons. The van der Waals surface area contributed by atoms with Crippen molar-refractivity contribution in [2.45, 2.75) is 19.5 Å². The Balaban J connectivity index is 2.01. The van der Waals surface area contributed by atoms with Gasteiger partial charge in [0.25, 0.3) is 0 Å². The zero-order valence-electron chi connectivity index (χ0n) is 15.3. The van der Waals surface area contributed by atoms with Crippen LogP contribution in [0.2, 0.25) is 5.02 Å². The van der Waals surface area contributed by atoms with Crippen LogP contribution in [-0.4, -0.2) is 80.6 Å². The number of guanidine groups is 1. The highest BCUT2D eigenvalue weighted by Gasteiger charge is 2.22. The number of piperazine rings is 1. The Kier molecular flexibility index (Phi) is 7.34. The first-order chi connectivity index (χ1) is 11.5. The number of aliphatic imine (C=N–C) groups is 1. The lowest BCUT2D eigenvalue weighted by Gasteiger charge is -2.37. The van der Waals surface area contributed by atoms with Crippen LogP contribution in [0.3, 0.4) is 0 Å². The molecule has 1 heterocycles. The highest BCUT2D eigenvalue weighted by atomic mass is 35.5. The summed E-state index contributed by atoms with van der Waals surface area (Å²) in [6, 6.07) is 8.46. The average molecular weight is 352 g/mol. The highest BCUT2D eigenvalue weighted by Crippen LogP contribution is 2.12. The van der Waals surface area contributed by atoms with E-state index in [1.807, 2.05) is 18.2 Å². The van der Waals surface area contributed by atoms with Crippen molar-refractivity contribution in [3.05, 3.63) is 34.9 Å². The van der Waals surface area contributed by atoms with Crippen LogP contribution in [-0.2, 0) is 6.54 Å². The van der Waals surface area contributed by atoms with Crippen LogP contribution in [0.25, 0.3) is 0 Å². The van der Waals surface area contributed by atoms with Crippen LogP contribution < -0.4 is 5.32 Å². The minimum atomic E-state index is 0.469. The van der Waals surface area contributed by atoms with Crippen molar-refractivity contribution in [1.82, 2.24) is 20.0 Å². The van der Waals surface area contributed by atoms with Gasteiger partial charge in [-0.3, -0.25) is 9.89 Å². The summed E-state index contributed by atoms with van der Waals surface area (Å²) >= 11 is 6.09. The fourth-order valence-electron chi connectivity index (χ4n) is 2.94. The van der Waals surface area contributed by atoms with Crippen LogP contribution in [0, 0.1) is 0 Å². The molecule has 1 fully saturated rings. The van der Waals surface area contributed by atoms with E-state index in [9.17, 15) is 0 Å². The van der Waals surface area contributed by atoms with E-state index in [0.717, 1.165) is 50.3 Å². The van der Waals surface area contributed by atoms with Gasteiger partial charge in [-0.05, 0) is 38.7 Å². The molecule has 6 heteroatoms. The van der Waals surface area contributed by atoms with Crippen LogP contribution >= 0.6 is 11.6 Å². The quantitative estimate of drug-likeness (QED) is 0.650. The van der Waals surface area contributed by atoms with Gasteiger partial charge in [-0.15, -0.1) is 0 Å². The average Bonchev–Trinajstić information content (AvgIpc) is 2.54. The lowest BCUT2D eigenvalue weighted by molar-refractivity contribution is 0.119. The first-order valence-electron chi connectivity index (χ1n) is 8.62. The van der Waals surface area contributed by atoms with Crippen LogP contribution in [0.5, 0.6) is 0 Å². The summed E-state index contributed by atoms with van der Waals surface area (Å²) in [4.78, 5) is 11.8. The largest absolute Gasteiger partial charge is 0.357 e. The lowest BCUT2D eigenvalue weighted by Crippen LogP contribution is -2.51. The molecule has 0 aromatic heterocycles. The van der Waals surface area contributed by atoms with Gasteiger partial charge in [0.15, 0.2) is 5.96 Å². The molecule has 24 heavy (non-hydrogen) atoms. The maximum absolute atomic E-state index is 6.09. The van der Waals surface area contributed by atoms with Gasteiger partial charge in [0.2, 0.25) is 0 Å². The Labute approximate surface area is 151 Å². The molecule has 0 bridgehead atoms. The molecule has 1 aliphatic rings. The first-order valence-corrected chi connectivity index (χ1v) is 9.00. The summed E-state index contributed by atoms with van der Waals surface area (Å²) in [7, 11) is 6.44. The predicted octanol–water partition coefficient (Wildman–Crippen LogP) is 1.98. The third-order valence-electron chi connectivity index (χ3n) is 4.44. The van der Waals surface area contributed by atoms with Crippen molar-refractivity contribution >= 4 is 17.6 Å². The molecule has 1 N–H and O–H groups in total. The number of halogens is 1. The topological polar surface area (TPSA) is 34.1 Å². The minimum absolute atomic E-state index is 0.469. The van der Waals surface area contributed by atoms with E-state index in [2.05, 4.69) is 54.1 Å². The molecule has 0 amide bonds. The molecule has 0 aliphatic carbocycles. The molecule has 1 saturated heterocycles. The van der Waals surface area contributed by atoms with E-state index in [0.29, 0.717) is 6.04 Å². The number of rotatable bonds is 5. The molecule has 2 rings (SSSR count). The normalized spacial score (nSPS) is 20.2. The Bertz CT molecular complexity index is 548. The molecular weight excluding hydrogens is 322 g/mol. The number of likely N-dealkylation sites (N-methyl/N-ethyl adjacent to an activating group) is 2. The van der Waals surface area contributed by atoms with Gasteiger partial charge in [0, 0.05) is 50.8 Å². The summed E-state index contributed by atoms with van der Waals surface area (Å²) in [5.41, 5.74) is 1.19. The third-order valence-corrected chi connectivity index (χ3v) is 4.67. The van der Waals surface area contributed by atoms with Gasteiger partial charge in [0.05, 0.1) is 6.54 Å². The van der Waals surface area contributed by atoms with Crippen molar-refractivity contribution in [2.75, 3.05) is 53.9 Å². The van der Waals surface area contributed by atoms with Crippen LogP contribution in [0.15, 0.2) is 29.3 Å². The van der Waals surface area contributed by atoms with E-state index < -0.39 is 0 Å². The maximum atomic E-state index is 6.09. The summed E-state index contributed by atoms with van der Waals surface area (Å²) in [5.74, 6) is 0.944. The molecule has 1 atom stereocenters. The molecule has 1 unspecified atom stereocenters. The van der Waals surface area contributed by atoms with Crippen molar-refractivity contribution in [2.24, 2.45) is 4.99 Å².